The summed E-state index contributed by atoms with van der Waals surface area (Å²) in [7, 11) is 0. The van der Waals surface area contributed by atoms with Gasteiger partial charge in [-0.2, -0.15) is 4.98 Å². The second-order valence-electron chi connectivity index (χ2n) is 10.9. The molecule has 2 heterocycles. The first-order valence-corrected chi connectivity index (χ1v) is 13.1. The summed E-state index contributed by atoms with van der Waals surface area (Å²) in [6.07, 6.45) is 4.28. The van der Waals surface area contributed by atoms with Crippen molar-refractivity contribution in [1.82, 2.24) is 24.7 Å². The summed E-state index contributed by atoms with van der Waals surface area (Å²) in [4.78, 5) is 45.0. The number of nitrogens with one attached hydrogen (secondary N) is 2. The Balaban J connectivity index is 1.30. The lowest BCUT2D eigenvalue weighted by Crippen LogP contribution is -2.58. The third kappa shape index (κ3) is 6.95. The predicted molar refractivity (Wildman–Crippen MR) is 146 cm³/mol. The van der Waals surface area contributed by atoms with E-state index in [4.69, 9.17) is 17.2 Å². The standard InChI is InChI=1S/C26H39N9O3/c1-26(2,29)23(36)33-9-11-34(12-10-33)24(37)31-22-7-8-35(25(38)32-22)21-5-3-17(4-6-21)16-30-20-14-18(27)13-19(28)15-20/h3-8,18-20,30H,9-16,27-29H2,1-2H3,(H,31,32,37,38)/t18-,19+,20?. The molecule has 1 aromatic carbocycles. The monoisotopic (exact) mass is 525 g/mol. The Morgan fingerprint density at radius 1 is 0.974 bits per heavy atom. The maximum atomic E-state index is 12.7. The lowest BCUT2D eigenvalue weighted by atomic mass is 9.88. The second kappa shape index (κ2) is 11.6. The maximum Gasteiger partial charge on any atom is 0.354 e. The Bertz CT molecular complexity index is 1170. The minimum absolute atomic E-state index is 0.135. The van der Waals surface area contributed by atoms with Crippen LogP contribution in [0.4, 0.5) is 10.6 Å². The zero-order valence-corrected chi connectivity index (χ0v) is 22.1. The van der Waals surface area contributed by atoms with Gasteiger partial charge in [0.15, 0.2) is 0 Å². The van der Waals surface area contributed by atoms with Crippen molar-refractivity contribution in [3.05, 3.63) is 52.6 Å². The normalized spacial score (nSPS) is 22.3. The Kier molecular flexibility index (Phi) is 8.46. The number of carbonyl (C=O) groups excluding carboxylic acids is 2. The van der Waals surface area contributed by atoms with Crippen molar-refractivity contribution in [2.75, 3.05) is 31.5 Å². The van der Waals surface area contributed by atoms with Gasteiger partial charge in [-0.05, 0) is 56.9 Å². The fourth-order valence-corrected chi connectivity index (χ4v) is 4.99. The zero-order chi connectivity index (χ0) is 27.4. The Morgan fingerprint density at radius 2 is 1.58 bits per heavy atom. The molecule has 206 valence electrons. The maximum absolute atomic E-state index is 12.7. The molecule has 1 aliphatic heterocycles. The molecule has 2 fully saturated rings. The number of rotatable bonds is 6. The molecule has 12 heteroatoms. The highest BCUT2D eigenvalue weighted by Crippen LogP contribution is 2.17. The molecule has 1 aromatic heterocycles. The van der Waals surface area contributed by atoms with Gasteiger partial charge in [0.2, 0.25) is 5.91 Å². The van der Waals surface area contributed by atoms with Crippen molar-refractivity contribution in [2.45, 2.75) is 63.3 Å². The minimum atomic E-state index is -0.951. The van der Waals surface area contributed by atoms with Crippen LogP contribution in [0.1, 0.15) is 38.7 Å². The molecule has 8 N–H and O–H groups in total. The van der Waals surface area contributed by atoms with Crippen LogP contribution in [-0.2, 0) is 11.3 Å². The summed E-state index contributed by atoms with van der Waals surface area (Å²) < 4.78 is 1.42. The molecule has 2 aliphatic rings. The molecule has 1 unspecified atom stereocenters. The van der Waals surface area contributed by atoms with Crippen LogP contribution in [-0.4, -0.2) is 81.1 Å². The van der Waals surface area contributed by atoms with Crippen LogP contribution in [0.5, 0.6) is 0 Å². The second-order valence-corrected chi connectivity index (χ2v) is 10.9. The summed E-state index contributed by atoms with van der Waals surface area (Å²) in [6, 6.07) is 9.43. The largest absolute Gasteiger partial charge is 0.354 e. The molecule has 0 spiro atoms. The zero-order valence-electron chi connectivity index (χ0n) is 22.1. The van der Waals surface area contributed by atoms with Crippen molar-refractivity contribution in [3.8, 4) is 5.69 Å². The van der Waals surface area contributed by atoms with Crippen LogP contribution in [0.25, 0.3) is 5.69 Å². The van der Waals surface area contributed by atoms with E-state index in [1.54, 1.807) is 35.9 Å². The van der Waals surface area contributed by atoms with Crippen LogP contribution in [0.2, 0.25) is 0 Å². The number of nitrogens with zero attached hydrogens (tertiary/aromatic N) is 4. The predicted octanol–water partition coefficient (Wildman–Crippen LogP) is -0.0574. The molecule has 0 bridgehead atoms. The topological polar surface area (TPSA) is 178 Å². The van der Waals surface area contributed by atoms with Crippen LogP contribution in [0.15, 0.2) is 41.3 Å². The first-order valence-electron chi connectivity index (χ1n) is 13.1. The summed E-state index contributed by atoms with van der Waals surface area (Å²) in [5.41, 5.74) is 18.4. The van der Waals surface area contributed by atoms with Crippen LogP contribution in [0, 0.1) is 0 Å². The molecule has 38 heavy (non-hydrogen) atoms. The van der Waals surface area contributed by atoms with Crippen molar-refractivity contribution in [1.29, 1.82) is 0 Å². The van der Waals surface area contributed by atoms with E-state index in [1.807, 2.05) is 24.3 Å². The highest BCUT2D eigenvalue weighted by molar-refractivity contribution is 5.89. The number of urea groups is 1. The van der Waals surface area contributed by atoms with E-state index in [2.05, 4.69) is 15.6 Å². The van der Waals surface area contributed by atoms with Gasteiger partial charge in [-0.25, -0.2) is 9.59 Å². The number of hydrogen-bond donors (Lipinski definition) is 5. The Morgan fingerprint density at radius 3 is 2.16 bits per heavy atom. The fraction of sp³-hybridized carbons (Fsp3) is 0.538. The first kappa shape index (κ1) is 27.7. The van der Waals surface area contributed by atoms with E-state index in [1.165, 1.54) is 4.57 Å². The quantitative estimate of drug-likeness (QED) is 0.348. The summed E-state index contributed by atoms with van der Waals surface area (Å²) in [5, 5.41) is 6.20. The summed E-state index contributed by atoms with van der Waals surface area (Å²) >= 11 is 0. The van der Waals surface area contributed by atoms with Gasteiger partial charge in [-0.1, -0.05) is 12.1 Å². The number of hydrogen-bond acceptors (Lipinski definition) is 8. The van der Waals surface area contributed by atoms with E-state index in [0.717, 1.165) is 24.8 Å². The van der Waals surface area contributed by atoms with Crippen LogP contribution < -0.4 is 33.5 Å². The number of amides is 3. The van der Waals surface area contributed by atoms with E-state index in [9.17, 15) is 14.4 Å². The molecule has 3 atom stereocenters. The van der Waals surface area contributed by atoms with E-state index in [0.29, 0.717) is 44.5 Å². The molecule has 12 nitrogen and oxygen atoms in total. The number of anilines is 1. The average Bonchev–Trinajstić information content (AvgIpc) is 2.86. The van der Waals surface area contributed by atoms with Gasteiger partial charge in [0.05, 0.1) is 11.2 Å². The molecule has 4 rings (SSSR count). The summed E-state index contributed by atoms with van der Waals surface area (Å²) in [5.74, 6) is 0.0217. The number of aromatic nitrogens is 2. The Labute approximate surface area is 222 Å². The van der Waals surface area contributed by atoms with E-state index < -0.39 is 11.2 Å². The molecule has 1 saturated carbocycles. The fourth-order valence-electron chi connectivity index (χ4n) is 4.99. The number of benzene rings is 1. The molecule has 1 aliphatic carbocycles. The van der Waals surface area contributed by atoms with Gasteiger partial charge < -0.3 is 32.3 Å². The minimum Gasteiger partial charge on any atom is -0.338 e. The first-order chi connectivity index (χ1) is 18.0. The molecular formula is C26H39N9O3. The van der Waals surface area contributed by atoms with Gasteiger partial charge >= 0.3 is 11.7 Å². The SMILES string of the molecule is CC(C)(N)C(=O)N1CCN(C(=O)Nc2ccn(-c3ccc(CNC4C[C@@H](N)C[C@@H](N)C4)cc3)c(=O)n2)CC1. The summed E-state index contributed by atoms with van der Waals surface area (Å²) in [6.45, 7) is 5.55. The Hall–Kier alpha value is -3.32. The third-order valence-electron chi connectivity index (χ3n) is 7.03. The van der Waals surface area contributed by atoms with Gasteiger partial charge in [0, 0.05) is 57.0 Å². The molecule has 0 radical (unpaired) electrons. The van der Waals surface area contributed by atoms with Crippen LogP contribution in [0.3, 0.4) is 0 Å². The average molecular weight is 526 g/mol. The lowest BCUT2D eigenvalue weighted by molar-refractivity contribution is -0.137. The third-order valence-corrected chi connectivity index (χ3v) is 7.03. The molecule has 3 amide bonds. The lowest BCUT2D eigenvalue weighted by Gasteiger charge is -2.37. The van der Waals surface area contributed by atoms with Gasteiger partial charge in [-0.15, -0.1) is 0 Å². The van der Waals surface area contributed by atoms with Crippen molar-refractivity contribution >= 4 is 17.8 Å². The highest BCUT2D eigenvalue weighted by atomic mass is 16.2. The van der Waals surface area contributed by atoms with Crippen molar-refractivity contribution in [3.63, 3.8) is 0 Å². The molecule has 1 saturated heterocycles. The highest BCUT2D eigenvalue weighted by Gasteiger charge is 2.31. The van der Waals surface area contributed by atoms with Gasteiger partial charge in [0.25, 0.3) is 0 Å². The number of nitrogens with two attached hydrogens (primary N) is 3. The van der Waals surface area contributed by atoms with Crippen molar-refractivity contribution < 1.29 is 9.59 Å². The van der Waals surface area contributed by atoms with Crippen molar-refractivity contribution in [2.24, 2.45) is 17.2 Å². The van der Waals surface area contributed by atoms with Gasteiger partial charge in [-0.3, -0.25) is 14.7 Å². The molecular weight excluding hydrogens is 486 g/mol. The number of piperazine rings is 1. The smallest absolute Gasteiger partial charge is 0.338 e. The van der Waals surface area contributed by atoms with Gasteiger partial charge in [0.1, 0.15) is 5.82 Å². The van der Waals surface area contributed by atoms with E-state index in [-0.39, 0.29) is 29.8 Å². The molecule has 2 aromatic rings. The number of carbonyl (C=O) groups is 2. The van der Waals surface area contributed by atoms with E-state index >= 15 is 0 Å². The van der Waals surface area contributed by atoms with Crippen LogP contribution >= 0.6 is 0 Å².